The lowest BCUT2D eigenvalue weighted by Gasteiger charge is -2.05. The molecule has 1 heterocycles. The fraction of sp³-hybridized carbons (Fsp3) is 0.500. The van der Waals surface area contributed by atoms with Crippen LogP contribution in [0.2, 0.25) is 0 Å². The van der Waals surface area contributed by atoms with E-state index in [9.17, 15) is 9.59 Å². The van der Waals surface area contributed by atoms with E-state index < -0.39 is 5.91 Å². The van der Waals surface area contributed by atoms with Gasteiger partial charge in [0.25, 0.3) is 5.91 Å². The Balaban J connectivity index is 2.46. The monoisotopic (exact) mass is 265 g/mol. The van der Waals surface area contributed by atoms with E-state index in [2.05, 4.69) is 26.1 Å². The third kappa shape index (κ3) is 5.33. The highest BCUT2D eigenvalue weighted by atomic mass is 16.2. The molecular formula is C12H19N5O2. The van der Waals surface area contributed by atoms with Crippen molar-refractivity contribution in [2.75, 3.05) is 25.0 Å². The molecule has 104 valence electrons. The van der Waals surface area contributed by atoms with Crippen molar-refractivity contribution in [2.45, 2.75) is 20.3 Å². The van der Waals surface area contributed by atoms with E-state index >= 15 is 0 Å². The molecule has 7 heteroatoms. The number of nitrogens with zero attached hydrogens (tertiary/aromatic N) is 2. The van der Waals surface area contributed by atoms with Crippen LogP contribution in [-0.2, 0) is 4.79 Å². The zero-order valence-electron chi connectivity index (χ0n) is 11.2. The van der Waals surface area contributed by atoms with Crippen molar-refractivity contribution in [1.29, 1.82) is 0 Å². The topological polar surface area (TPSA) is 96.0 Å². The third-order valence-corrected chi connectivity index (χ3v) is 2.24. The molecule has 0 atom stereocenters. The second-order valence-electron chi connectivity index (χ2n) is 3.87. The molecule has 1 rings (SSSR count). The molecule has 19 heavy (non-hydrogen) atoms. The van der Waals surface area contributed by atoms with E-state index in [-0.39, 0.29) is 18.1 Å². The Kier molecular flexibility index (Phi) is 6.28. The smallest absolute Gasteiger partial charge is 0.272 e. The second-order valence-corrected chi connectivity index (χ2v) is 3.87. The minimum Gasteiger partial charge on any atom is -0.369 e. The van der Waals surface area contributed by atoms with Crippen LogP contribution in [0.25, 0.3) is 0 Å². The van der Waals surface area contributed by atoms with Crippen molar-refractivity contribution in [2.24, 2.45) is 0 Å². The standard InChI is InChI=1S/C12H19N5O2/c1-3-7-14-10-6-5-9(16-17-10)12(19)15-8-11(18)13-4-2/h5-6H,3-4,7-8H2,1-2H3,(H,13,18)(H,14,17)(H,15,19). The highest BCUT2D eigenvalue weighted by Crippen LogP contribution is 2.01. The summed E-state index contributed by atoms with van der Waals surface area (Å²) in [4.78, 5) is 22.8. The van der Waals surface area contributed by atoms with E-state index in [1.54, 1.807) is 12.1 Å². The fourth-order valence-electron chi connectivity index (χ4n) is 1.31. The van der Waals surface area contributed by atoms with Crippen LogP contribution < -0.4 is 16.0 Å². The summed E-state index contributed by atoms with van der Waals surface area (Å²) >= 11 is 0. The summed E-state index contributed by atoms with van der Waals surface area (Å²) in [6, 6.07) is 3.25. The van der Waals surface area contributed by atoms with Gasteiger partial charge in [-0.3, -0.25) is 9.59 Å². The highest BCUT2D eigenvalue weighted by molar-refractivity contribution is 5.94. The van der Waals surface area contributed by atoms with Gasteiger partial charge in [-0.2, -0.15) is 0 Å². The lowest BCUT2D eigenvalue weighted by atomic mass is 10.3. The molecule has 0 aliphatic heterocycles. The molecule has 0 fully saturated rings. The average molecular weight is 265 g/mol. The molecule has 0 spiro atoms. The normalized spacial score (nSPS) is 9.79. The average Bonchev–Trinajstić information content (AvgIpc) is 2.43. The number of carbonyl (C=O) groups is 2. The second kappa shape index (κ2) is 8.02. The molecule has 7 nitrogen and oxygen atoms in total. The van der Waals surface area contributed by atoms with Gasteiger partial charge >= 0.3 is 0 Å². The van der Waals surface area contributed by atoms with E-state index in [1.165, 1.54) is 0 Å². The number of amides is 2. The van der Waals surface area contributed by atoms with Crippen LogP contribution in [0.15, 0.2) is 12.1 Å². The molecule has 0 unspecified atom stereocenters. The van der Waals surface area contributed by atoms with Gasteiger partial charge < -0.3 is 16.0 Å². The maximum Gasteiger partial charge on any atom is 0.272 e. The van der Waals surface area contributed by atoms with Crippen molar-refractivity contribution in [3.8, 4) is 0 Å². The quantitative estimate of drug-likeness (QED) is 0.653. The minimum absolute atomic E-state index is 0.0653. The Hall–Kier alpha value is -2.18. The summed E-state index contributed by atoms with van der Waals surface area (Å²) in [5, 5.41) is 15.8. The first kappa shape index (κ1) is 14.9. The number of carbonyl (C=O) groups excluding carboxylic acids is 2. The van der Waals surface area contributed by atoms with Crippen LogP contribution in [0, 0.1) is 0 Å². The maximum atomic E-state index is 11.7. The Morgan fingerprint density at radius 1 is 1.16 bits per heavy atom. The van der Waals surface area contributed by atoms with E-state index in [4.69, 9.17) is 0 Å². The van der Waals surface area contributed by atoms with Gasteiger partial charge in [0.1, 0.15) is 5.82 Å². The van der Waals surface area contributed by atoms with Crippen LogP contribution >= 0.6 is 0 Å². The summed E-state index contributed by atoms with van der Waals surface area (Å²) in [7, 11) is 0. The summed E-state index contributed by atoms with van der Waals surface area (Å²) in [5.41, 5.74) is 0.186. The zero-order valence-corrected chi connectivity index (χ0v) is 11.2. The molecule has 0 saturated heterocycles. The molecule has 0 saturated carbocycles. The van der Waals surface area contributed by atoms with Gasteiger partial charge in [-0.1, -0.05) is 6.92 Å². The molecule has 0 bridgehead atoms. The summed E-state index contributed by atoms with van der Waals surface area (Å²) < 4.78 is 0. The third-order valence-electron chi connectivity index (χ3n) is 2.24. The van der Waals surface area contributed by atoms with Gasteiger partial charge in [-0.25, -0.2) is 0 Å². The SMILES string of the molecule is CCCNc1ccc(C(=O)NCC(=O)NCC)nn1. The summed E-state index contributed by atoms with van der Waals surface area (Å²) in [6.07, 6.45) is 0.983. The number of rotatable bonds is 7. The molecule has 0 radical (unpaired) electrons. The Morgan fingerprint density at radius 3 is 2.53 bits per heavy atom. The minimum atomic E-state index is -0.416. The molecule has 0 aliphatic rings. The van der Waals surface area contributed by atoms with Crippen LogP contribution in [-0.4, -0.2) is 41.6 Å². The van der Waals surface area contributed by atoms with E-state index in [0.29, 0.717) is 12.4 Å². The predicted octanol–water partition coefficient (Wildman–Crippen LogP) is 0.164. The summed E-state index contributed by atoms with van der Waals surface area (Å²) in [5.74, 6) is -0.0204. The van der Waals surface area contributed by atoms with Crippen molar-refractivity contribution in [1.82, 2.24) is 20.8 Å². The number of aromatic nitrogens is 2. The highest BCUT2D eigenvalue weighted by Gasteiger charge is 2.09. The number of nitrogens with one attached hydrogen (secondary N) is 3. The lowest BCUT2D eigenvalue weighted by Crippen LogP contribution is -2.37. The molecule has 0 aromatic carbocycles. The first-order chi connectivity index (χ1) is 9.17. The van der Waals surface area contributed by atoms with Gasteiger partial charge in [0.15, 0.2) is 5.69 Å². The van der Waals surface area contributed by atoms with E-state index in [1.807, 2.05) is 13.8 Å². The molecule has 0 aliphatic carbocycles. The molecular weight excluding hydrogens is 246 g/mol. The van der Waals surface area contributed by atoms with E-state index in [0.717, 1.165) is 13.0 Å². The number of anilines is 1. The Bertz CT molecular complexity index is 419. The molecule has 3 N–H and O–H groups in total. The molecule has 1 aromatic heterocycles. The van der Waals surface area contributed by atoms with Crippen molar-refractivity contribution >= 4 is 17.6 Å². The van der Waals surface area contributed by atoms with Crippen molar-refractivity contribution < 1.29 is 9.59 Å². The van der Waals surface area contributed by atoms with Crippen LogP contribution in [0.3, 0.4) is 0 Å². The summed E-state index contributed by atoms with van der Waals surface area (Å²) in [6.45, 7) is 5.13. The van der Waals surface area contributed by atoms with Gasteiger partial charge in [0, 0.05) is 13.1 Å². The number of hydrogen-bond acceptors (Lipinski definition) is 5. The van der Waals surface area contributed by atoms with Crippen LogP contribution in [0.5, 0.6) is 0 Å². The molecule has 2 amide bonds. The van der Waals surface area contributed by atoms with Gasteiger partial charge in [-0.05, 0) is 25.5 Å². The Morgan fingerprint density at radius 2 is 1.95 bits per heavy atom. The zero-order chi connectivity index (χ0) is 14.1. The molecule has 1 aromatic rings. The number of likely N-dealkylation sites (N-methyl/N-ethyl adjacent to an activating group) is 1. The van der Waals surface area contributed by atoms with Crippen LogP contribution in [0.4, 0.5) is 5.82 Å². The Labute approximate surface area is 112 Å². The van der Waals surface area contributed by atoms with Crippen LogP contribution in [0.1, 0.15) is 30.8 Å². The van der Waals surface area contributed by atoms with Gasteiger partial charge in [0.2, 0.25) is 5.91 Å². The largest absolute Gasteiger partial charge is 0.369 e. The first-order valence-electron chi connectivity index (χ1n) is 6.29. The lowest BCUT2D eigenvalue weighted by molar-refractivity contribution is -0.120. The predicted molar refractivity (Wildman–Crippen MR) is 71.8 cm³/mol. The van der Waals surface area contributed by atoms with Crippen molar-refractivity contribution in [3.05, 3.63) is 17.8 Å². The van der Waals surface area contributed by atoms with Crippen molar-refractivity contribution in [3.63, 3.8) is 0 Å². The maximum absolute atomic E-state index is 11.7. The van der Waals surface area contributed by atoms with Gasteiger partial charge in [0.05, 0.1) is 6.54 Å². The fourth-order valence-corrected chi connectivity index (χ4v) is 1.31. The first-order valence-corrected chi connectivity index (χ1v) is 6.29. The van der Waals surface area contributed by atoms with Gasteiger partial charge in [-0.15, -0.1) is 10.2 Å². The number of hydrogen-bond donors (Lipinski definition) is 3.